The lowest BCUT2D eigenvalue weighted by molar-refractivity contribution is 0.316. The fourth-order valence-electron chi connectivity index (χ4n) is 1.25. The molecule has 0 radical (unpaired) electrons. The number of aromatic nitrogens is 1. The third kappa shape index (κ3) is 5.72. The molecule has 0 saturated heterocycles. The van der Waals surface area contributed by atoms with Crippen LogP contribution >= 0.6 is 35.6 Å². The molecule has 5 nitrogen and oxygen atoms in total. The van der Waals surface area contributed by atoms with Gasteiger partial charge >= 0.3 is 0 Å². The molecule has 1 fully saturated rings. The van der Waals surface area contributed by atoms with E-state index in [0.717, 1.165) is 0 Å². The van der Waals surface area contributed by atoms with Gasteiger partial charge < -0.3 is 15.8 Å². The molecule has 1 aromatic heterocycles. The summed E-state index contributed by atoms with van der Waals surface area (Å²) in [7, 11) is 0. The van der Waals surface area contributed by atoms with Crippen LogP contribution in [0.1, 0.15) is 12.8 Å². The van der Waals surface area contributed by atoms with Crippen LogP contribution < -0.4 is 15.8 Å². The molecule has 0 spiro atoms. The Hall–Kier alpha value is -0.760. The zero-order valence-electron chi connectivity index (χ0n) is 9.80. The van der Waals surface area contributed by atoms with Crippen LogP contribution in [-0.2, 0) is 0 Å². The monoisotopic (exact) mass is 382 g/mol. The van der Waals surface area contributed by atoms with Crippen LogP contribution in [0.5, 0.6) is 5.88 Å². The Morgan fingerprint density at radius 2 is 2.33 bits per heavy atom. The van der Waals surface area contributed by atoms with Crippen molar-refractivity contribution in [1.82, 2.24) is 10.3 Å². The Morgan fingerprint density at radius 3 is 2.94 bits per heavy atom. The fourth-order valence-corrected chi connectivity index (χ4v) is 1.36. The third-order valence-corrected chi connectivity index (χ3v) is 2.48. The molecule has 1 aliphatic carbocycles. The summed E-state index contributed by atoms with van der Waals surface area (Å²) in [4.78, 5) is 8.15. The van der Waals surface area contributed by atoms with Crippen molar-refractivity contribution in [2.24, 2.45) is 10.7 Å². The Labute approximate surface area is 128 Å². The van der Waals surface area contributed by atoms with E-state index < -0.39 is 0 Å². The van der Waals surface area contributed by atoms with Gasteiger partial charge in [0.2, 0.25) is 5.88 Å². The molecule has 18 heavy (non-hydrogen) atoms. The number of guanidine groups is 1. The number of nitrogens with one attached hydrogen (secondary N) is 1. The van der Waals surface area contributed by atoms with Crippen molar-refractivity contribution in [2.75, 3.05) is 13.2 Å². The van der Waals surface area contributed by atoms with Crippen LogP contribution in [0, 0.1) is 0 Å². The normalized spacial score (nSPS) is 14.8. The van der Waals surface area contributed by atoms with Crippen molar-refractivity contribution in [1.29, 1.82) is 0 Å². The molecule has 7 heteroatoms. The minimum absolute atomic E-state index is 0. The van der Waals surface area contributed by atoms with Crippen molar-refractivity contribution < 1.29 is 4.74 Å². The zero-order chi connectivity index (χ0) is 12.1. The second-order valence-corrected chi connectivity index (χ2v) is 4.29. The first-order valence-electron chi connectivity index (χ1n) is 5.55. The highest BCUT2D eigenvalue weighted by atomic mass is 127. The van der Waals surface area contributed by atoms with Crippen LogP contribution in [0.3, 0.4) is 0 Å². The summed E-state index contributed by atoms with van der Waals surface area (Å²) in [5.41, 5.74) is 5.66. The molecule has 1 aliphatic rings. The number of ether oxygens (including phenoxy) is 1. The molecule has 0 aromatic carbocycles. The zero-order valence-corrected chi connectivity index (χ0v) is 12.9. The Morgan fingerprint density at radius 1 is 1.56 bits per heavy atom. The van der Waals surface area contributed by atoms with Gasteiger partial charge in [0, 0.05) is 18.3 Å². The van der Waals surface area contributed by atoms with Crippen molar-refractivity contribution in [2.45, 2.75) is 18.9 Å². The fraction of sp³-hybridized carbons (Fsp3) is 0.455. The van der Waals surface area contributed by atoms with E-state index in [1.54, 1.807) is 18.3 Å². The largest absolute Gasteiger partial charge is 0.476 e. The number of aliphatic imine (C=N–C) groups is 1. The lowest BCUT2D eigenvalue weighted by Gasteiger charge is -2.04. The first-order valence-corrected chi connectivity index (χ1v) is 5.92. The predicted octanol–water partition coefficient (Wildman–Crippen LogP) is 1.80. The summed E-state index contributed by atoms with van der Waals surface area (Å²) in [6.07, 6.45) is 3.91. The van der Waals surface area contributed by atoms with Gasteiger partial charge in [-0.1, -0.05) is 11.6 Å². The Bertz CT molecular complexity index is 395. The summed E-state index contributed by atoms with van der Waals surface area (Å²) >= 11 is 5.70. The number of pyridine rings is 1. The van der Waals surface area contributed by atoms with E-state index in [4.69, 9.17) is 22.1 Å². The average molecular weight is 383 g/mol. The quantitative estimate of drug-likeness (QED) is 0.352. The maximum absolute atomic E-state index is 5.70. The number of hydrogen-bond acceptors (Lipinski definition) is 3. The summed E-state index contributed by atoms with van der Waals surface area (Å²) in [6.45, 7) is 0.956. The SMILES string of the molecule is I.NC(=NCCOc1ccc(Cl)cn1)NC1CC1. The maximum atomic E-state index is 5.70. The Kier molecular flexibility index (Phi) is 6.48. The molecule has 100 valence electrons. The first-order chi connectivity index (χ1) is 8.24. The molecule has 0 bridgehead atoms. The summed E-state index contributed by atoms with van der Waals surface area (Å²) in [6, 6.07) is 3.98. The average Bonchev–Trinajstić information content (AvgIpc) is 3.11. The number of nitrogens with zero attached hydrogens (tertiary/aromatic N) is 2. The van der Waals surface area contributed by atoms with Gasteiger partial charge in [-0.25, -0.2) is 9.98 Å². The van der Waals surface area contributed by atoms with E-state index >= 15 is 0 Å². The van der Waals surface area contributed by atoms with E-state index in [2.05, 4.69) is 15.3 Å². The summed E-state index contributed by atoms with van der Waals surface area (Å²) in [5, 5.41) is 3.69. The second-order valence-electron chi connectivity index (χ2n) is 3.85. The number of nitrogens with two attached hydrogens (primary N) is 1. The van der Waals surface area contributed by atoms with Crippen molar-refractivity contribution in [3.63, 3.8) is 0 Å². The molecule has 0 aliphatic heterocycles. The van der Waals surface area contributed by atoms with Gasteiger partial charge in [-0.05, 0) is 18.9 Å². The van der Waals surface area contributed by atoms with Gasteiger partial charge in [0.1, 0.15) is 6.61 Å². The minimum atomic E-state index is 0. The highest BCUT2D eigenvalue weighted by Crippen LogP contribution is 2.17. The van der Waals surface area contributed by atoms with E-state index in [-0.39, 0.29) is 24.0 Å². The van der Waals surface area contributed by atoms with Crippen molar-refractivity contribution >= 4 is 41.5 Å². The minimum Gasteiger partial charge on any atom is -0.476 e. The molecule has 1 heterocycles. The van der Waals surface area contributed by atoms with E-state index in [1.807, 2.05) is 0 Å². The van der Waals surface area contributed by atoms with Gasteiger partial charge in [-0.3, -0.25) is 0 Å². The standard InChI is InChI=1S/C11H15ClN4O.HI/c12-8-1-4-10(15-7-8)17-6-5-14-11(13)16-9-2-3-9;/h1,4,7,9H,2-3,5-6H2,(H3,13,14,16);1H. The molecule has 0 unspecified atom stereocenters. The number of hydrogen-bond donors (Lipinski definition) is 2. The molecular formula is C11H16ClIN4O. The van der Waals surface area contributed by atoms with Crippen molar-refractivity contribution in [3.05, 3.63) is 23.4 Å². The van der Waals surface area contributed by atoms with E-state index in [9.17, 15) is 0 Å². The van der Waals surface area contributed by atoms with Crippen LogP contribution in [0.4, 0.5) is 0 Å². The smallest absolute Gasteiger partial charge is 0.213 e. The molecule has 1 saturated carbocycles. The highest BCUT2D eigenvalue weighted by molar-refractivity contribution is 14.0. The topological polar surface area (TPSA) is 72.5 Å². The maximum Gasteiger partial charge on any atom is 0.213 e. The van der Waals surface area contributed by atoms with Crippen molar-refractivity contribution in [3.8, 4) is 5.88 Å². The summed E-state index contributed by atoms with van der Waals surface area (Å²) in [5.74, 6) is 1.03. The third-order valence-electron chi connectivity index (χ3n) is 2.25. The number of halogens is 2. The highest BCUT2D eigenvalue weighted by Gasteiger charge is 2.21. The Balaban J connectivity index is 0.00000162. The van der Waals surface area contributed by atoms with Crippen LogP contribution in [0.15, 0.2) is 23.3 Å². The first kappa shape index (κ1) is 15.3. The molecule has 0 amide bonds. The molecule has 1 aromatic rings. The molecule has 0 atom stereocenters. The lowest BCUT2D eigenvalue weighted by Crippen LogP contribution is -2.33. The molecule has 2 rings (SSSR count). The van der Waals surface area contributed by atoms with Gasteiger partial charge in [-0.15, -0.1) is 24.0 Å². The van der Waals surface area contributed by atoms with Crippen LogP contribution in [0.2, 0.25) is 5.02 Å². The van der Waals surface area contributed by atoms with Gasteiger partial charge in [0.05, 0.1) is 11.6 Å². The summed E-state index contributed by atoms with van der Waals surface area (Å²) < 4.78 is 5.37. The predicted molar refractivity (Wildman–Crippen MR) is 82.8 cm³/mol. The molecule has 3 N–H and O–H groups in total. The van der Waals surface area contributed by atoms with Gasteiger partial charge in [0.25, 0.3) is 0 Å². The van der Waals surface area contributed by atoms with E-state index in [0.29, 0.717) is 36.1 Å². The second kappa shape index (κ2) is 7.63. The van der Waals surface area contributed by atoms with Gasteiger partial charge in [-0.2, -0.15) is 0 Å². The molecular weight excluding hydrogens is 367 g/mol. The van der Waals surface area contributed by atoms with Crippen LogP contribution in [-0.4, -0.2) is 30.1 Å². The number of rotatable bonds is 5. The van der Waals surface area contributed by atoms with Gasteiger partial charge in [0.15, 0.2) is 5.96 Å². The van der Waals surface area contributed by atoms with E-state index in [1.165, 1.54) is 12.8 Å². The lowest BCUT2D eigenvalue weighted by atomic mass is 10.5. The van der Waals surface area contributed by atoms with Crippen LogP contribution in [0.25, 0.3) is 0 Å².